The van der Waals surface area contributed by atoms with Crippen LogP contribution in [-0.4, -0.2) is 21.2 Å². The molecule has 7 heteroatoms. The summed E-state index contributed by atoms with van der Waals surface area (Å²) in [6.07, 6.45) is 4.25. The molecule has 1 atom stereocenters. The summed E-state index contributed by atoms with van der Waals surface area (Å²) in [6.45, 7) is 1.98. The summed E-state index contributed by atoms with van der Waals surface area (Å²) in [5.41, 5.74) is 0.698. The van der Waals surface area contributed by atoms with Crippen molar-refractivity contribution < 1.29 is 4.79 Å². The number of hydrogen-bond donors (Lipinski definition) is 1. The lowest BCUT2D eigenvalue weighted by atomic mass is 10.2. The van der Waals surface area contributed by atoms with Gasteiger partial charge in [0.2, 0.25) is 5.91 Å². The molecule has 2 heterocycles. The molecule has 28 heavy (non-hydrogen) atoms. The summed E-state index contributed by atoms with van der Waals surface area (Å²) in [4.78, 5) is 31.4. The first-order valence-corrected chi connectivity index (χ1v) is 11.5. The molecule has 1 fully saturated rings. The van der Waals surface area contributed by atoms with Gasteiger partial charge in [-0.1, -0.05) is 42.8 Å². The van der Waals surface area contributed by atoms with Gasteiger partial charge in [-0.2, -0.15) is 0 Å². The summed E-state index contributed by atoms with van der Waals surface area (Å²) in [6, 6.07) is 11.6. The maximum absolute atomic E-state index is 13.1. The molecular weight excluding hydrogens is 390 g/mol. The molecule has 0 spiro atoms. The molecule has 3 aromatic rings. The Balaban J connectivity index is 1.56. The molecule has 1 aromatic carbocycles. The van der Waals surface area contributed by atoms with Gasteiger partial charge in [-0.15, -0.1) is 11.3 Å². The van der Waals surface area contributed by atoms with Crippen molar-refractivity contribution in [3.63, 3.8) is 0 Å². The fourth-order valence-corrected chi connectivity index (χ4v) is 5.35. The van der Waals surface area contributed by atoms with Gasteiger partial charge in [0.1, 0.15) is 0 Å². The Labute approximate surface area is 172 Å². The van der Waals surface area contributed by atoms with E-state index in [-0.39, 0.29) is 29.3 Å². The number of benzene rings is 1. The third-order valence-electron chi connectivity index (χ3n) is 5.15. The van der Waals surface area contributed by atoms with Crippen LogP contribution in [0, 0.1) is 0 Å². The summed E-state index contributed by atoms with van der Waals surface area (Å²) < 4.78 is 1.83. The minimum Gasteiger partial charge on any atom is -0.348 e. The van der Waals surface area contributed by atoms with Crippen molar-refractivity contribution in [2.24, 2.45) is 0 Å². The molecule has 5 nitrogen and oxygen atoms in total. The largest absolute Gasteiger partial charge is 0.348 e. The number of thiophene rings is 1. The molecule has 0 saturated heterocycles. The number of hydrogen-bond acceptors (Lipinski definition) is 5. The van der Waals surface area contributed by atoms with Crippen molar-refractivity contribution in [1.29, 1.82) is 0 Å². The highest BCUT2D eigenvalue weighted by Crippen LogP contribution is 2.32. The molecule has 1 unspecified atom stereocenters. The maximum Gasteiger partial charge on any atom is 0.262 e. The summed E-state index contributed by atoms with van der Waals surface area (Å²) >= 11 is 2.98. The number of aromatic nitrogens is 2. The Morgan fingerprint density at radius 1 is 1.29 bits per heavy atom. The number of para-hydroxylation sites is 1. The van der Waals surface area contributed by atoms with Crippen LogP contribution in [-0.2, 0) is 4.79 Å². The Kier molecular flexibility index (Phi) is 5.82. The summed E-state index contributed by atoms with van der Waals surface area (Å²) in [5, 5.41) is 6.33. The highest BCUT2D eigenvalue weighted by atomic mass is 32.2. The third kappa shape index (κ3) is 4.00. The lowest BCUT2D eigenvalue weighted by Gasteiger charge is -2.19. The van der Waals surface area contributed by atoms with E-state index in [0.29, 0.717) is 16.1 Å². The standard InChI is InChI=1S/C21H23N3O2S2/c1-14(18-11-6-12-27-18)22-19(25)13-28-21-23-17-10-5-4-9-16(17)20(26)24(21)15-7-2-3-8-15/h4-6,9-12,14-15H,2-3,7-8,13H2,1H3,(H,22,25). The Hall–Kier alpha value is -2.12. The maximum atomic E-state index is 13.1. The van der Waals surface area contributed by atoms with Crippen LogP contribution < -0.4 is 10.9 Å². The van der Waals surface area contributed by atoms with E-state index >= 15 is 0 Å². The average Bonchev–Trinajstić information content (AvgIpc) is 3.40. The molecule has 0 radical (unpaired) electrons. The van der Waals surface area contributed by atoms with E-state index in [1.165, 1.54) is 11.8 Å². The van der Waals surface area contributed by atoms with Gasteiger partial charge in [-0.05, 0) is 43.3 Å². The predicted molar refractivity (Wildman–Crippen MR) is 115 cm³/mol. The van der Waals surface area contributed by atoms with Crippen LogP contribution in [0.15, 0.2) is 51.7 Å². The molecule has 2 aromatic heterocycles. The lowest BCUT2D eigenvalue weighted by molar-refractivity contribution is -0.119. The molecule has 1 N–H and O–H groups in total. The van der Waals surface area contributed by atoms with Crippen LogP contribution in [0.5, 0.6) is 0 Å². The zero-order valence-corrected chi connectivity index (χ0v) is 17.4. The second-order valence-corrected chi connectivity index (χ2v) is 9.04. The normalized spacial score (nSPS) is 15.8. The van der Waals surface area contributed by atoms with Gasteiger partial charge in [0.25, 0.3) is 5.56 Å². The van der Waals surface area contributed by atoms with Gasteiger partial charge in [0.05, 0.1) is 22.7 Å². The van der Waals surface area contributed by atoms with Gasteiger partial charge in [0.15, 0.2) is 5.16 Å². The minimum absolute atomic E-state index is 0.00682. The molecule has 0 aliphatic heterocycles. The van der Waals surface area contributed by atoms with Crippen molar-refractivity contribution in [3.8, 4) is 0 Å². The van der Waals surface area contributed by atoms with Crippen LogP contribution in [0.1, 0.15) is 49.6 Å². The Morgan fingerprint density at radius 3 is 2.82 bits per heavy atom. The van der Waals surface area contributed by atoms with Crippen molar-refractivity contribution >= 4 is 39.9 Å². The van der Waals surface area contributed by atoms with Gasteiger partial charge < -0.3 is 5.32 Å². The molecule has 1 amide bonds. The fraction of sp³-hybridized carbons (Fsp3) is 0.381. The van der Waals surface area contributed by atoms with Crippen LogP contribution in [0.25, 0.3) is 10.9 Å². The first-order valence-electron chi connectivity index (χ1n) is 9.60. The quantitative estimate of drug-likeness (QED) is 0.476. The zero-order valence-electron chi connectivity index (χ0n) is 15.8. The van der Waals surface area contributed by atoms with Crippen LogP contribution in [0.3, 0.4) is 0 Å². The van der Waals surface area contributed by atoms with Crippen molar-refractivity contribution in [3.05, 3.63) is 57.0 Å². The number of fused-ring (bicyclic) bond motifs is 1. The van der Waals surface area contributed by atoms with E-state index in [4.69, 9.17) is 4.98 Å². The molecule has 1 saturated carbocycles. The lowest BCUT2D eigenvalue weighted by Crippen LogP contribution is -2.29. The van der Waals surface area contributed by atoms with E-state index in [1.807, 2.05) is 53.3 Å². The van der Waals surface area contributed by atoms with Crippen LogP contribution >= 0.6 is 23.1 Å². The molecule has 146 valence electrons. The zero-order chi connectivity index (χ0) is 19.5. The van der Waals surface area contributed by atoms with Gasteiger partial charge in [0, 0.05) is 10.9 Å². The minimum atomic E-state index is -0.0497. The summed E-state index contributed by atoms with van der Waals surface area (Å²) in [5.74, 6) is 0.194. The monoisotopic (exact) mass is 413 g/mol. The average molecular weight is 414 g/mol. The van der Waals surface area contributed by atoms with Gasteiger partial charge in [-0.3, -0.25) is 14.2 Å². The molecular formula is C21H23N3O2S2. The SMILES string of the molecule is CC(NC(=O)CSc1nc2ccccc2c(=O)n1C1CCCC1)c1cccs1. The van der Waals surface area contributed by atoms with Crippen LogP contribution in [0.4, 0.5) is 0 Å². The van der Waals surface area contributed by atoms with E-state index in [2.05, 4.69) is 5.32 Å². The number of carbonyl (C=O) groups is 1. The smallest absolute Gasteiger partial charge is 0.262 e. The van der Waals surface area contributed by atoms with Crippen molar-refractivity contribution in [2.45, 2.75) is 49.8 Å². The number of carbonyl (C=O) groups excluding carboxylic acids is 1. The Morgan fingerprint density at radius 2 is 2.07 bits per heavy atom. The first-order chi connectivity index (χ1) is 13.6. The fourth-order valence-electron chi connectivity index (χ4n) is 3.73. The van der Waals surface area contributed by atoms with E-state index in [1.54, 1.807) is 11.3 Å². The topological polar surface area (TPSA) is 64.0 Å². The van der Waals surface area contributed by atoms with E-state index in [9.17, 15) is 9.59 Å². The number of rotatable bonds is 6. The predicted octanol–water partition coefficient (Wildman–Crippen LogP) is 4.54. The number of amides is 1. The van der Waals surface area contributed by atoms with Gasteiger partial charge >= 0.3 is 0 Å². The van der Waals surface area contributed by atoms with Crippen molar-refractivity contribution in [2.75, 3.05) is 5.75 Å². The van der Waals surface area contributed by atoms with Gasteiger partial charge in [-0.25, -0.2) is 4.98 Å². The highest BCUT2D eigenvalue weighted by molar-refractivity contribution is 7.99. The van der Waals surface area contributed by atoms with Crippen molar-refractivity contribution in [1.82, 2.24) is 14.9 Å². The third-order valence-corrected chi connectivity index (χ3v) is 7.15. The second kappa shape index (κ2) is 8.49. The number of nitrogens with one attached hydrogen (secondary N) is 1. The van der Waals surface area contributed by atoms with E-state index in [0.717, 1.165) is 30.6 Å². The Bertz CT molecular complexity index is 1020. The number of nitrogens with zero attached hydrogens (tertiary/aromatic N) is 2. The molecule has 0 bridgehead atoms. The molecule has 4 rings (SSSR count). The van der Waals surface area contributed by atoms with E-state index < -0.39 is 0 Å². The second-order valence-electron chi connectivity index (χ2n) is 7.12. The molecule has 1 aliphatic rings. The highest BCUT2D eigenvalue weighted by Gasteiger charge is 2.23. The first kappa shape index (κ1) is 19.2. The van der Waals surface area contributed by atoms with Crippen LogP contribution in [0.2, 0.25) is 0 Å². The number of thioether (sulfide) groups is 1. The summed E-state index contributed by atoms with van der Waals surface area (Å²) in [7, 11) is 0. The molecule has 1 aliphatic carbocycles.